The Hall–Kier alpha value is -4.48. The molecule has 5 aromatic rings. The van der Waals surface area contributed by atoms with Crippen molar-refractivity contribution in [2.45, 2.75) is 19.1 Å². The number of para-hydroxylation sites is 1. The van der Waals surface area contributed by atoms with Crippen LogP contribution in [0.2, 0.25) is 0 Å². The number of hydrogen-bond donors (Lipinski definition) is 0. The van der Waals surface area contributed by atoms with Gasteiger partial charge in [0.25, 0.3) is 5.91 Å². The summed E-state index contributed by atoms with van der Waals surface area (Å²) in [5, 5.41) is 6.04. The van der Waals surface area contributed by atoms with Crippen LogP contribution in [-0.2, 0) is 14.4 Å². The lowest BCUT2D eigenvalue weighted by Crippen LogP contribution is -2.37. The molecule has 2 heterocycles. The molecule has 37 heavy (non-hydrogen) atoms. The molecule has 2 aliphatic heterocycles. The Balaban J connectivity index is 1.47. The number of nitrogens with zero attached hydrogens (tertiary/aromatic N) is 2. The Bertz CT molecular complexity index is 1630. The minimum absolute atomic E-state index is 0.237. The monoisotopic (exact) mass is 484 g/mol. The van der Waals surface area contributed by atoms with Crippen molar-refractivity contribution in [1.82, 2.24) is 0 Å². The second-order valence-corrected chi connectivity index (χ2v) is 9.74. The molecule has 0 saturated carbocycles. The smallest absolute Gasteiger partial charge is 0.266 e. The Morgan fingerprint density at radius 2 is 1.24 bits per heavy atom. The Kier molecular flexibility index (Phi) is 4.88. The van der Waals surface area contributed by atoms with E-state index >= 15 is 0 Å². The first-order chi connectivity index (χ1) is 18.1. The van der Waals surface area contributed by atoms with Crippen LogP contribution in [0.3, 0.4) is 0 Å². The first-order valence-corrected chi connectivity index (χ1v) is 12.5. The molecule has 0 aliphatic carbocycles. The van der Waals surface area contributed by atoms with Gasteiger partial charge in [0.05, 0.1) is 17.4 Å². The van der Waals surface area contributed by atoms with Gasteiger partial charge in [-0.1, -0.05) is 84.4 Å². The highest BCUT2D eigenvalue weighted by Gasteiger charge is 2.60. The summed E-state index contributed by atoms with van der Waals surface area (Å²) in [6, 6.07) is 35.3. The molecule has 5 nitrogen and oxygen atoms in total. The van der Waals surface area contributed by atoms with Crippen molar-refractivity contribution < 1.29 is 14.4 Å². The minimum atomic E-state index is -0.906. The van der Waals surface area contributed by atoms with Gasteiger partial charge < -0.3 is 0 Å². The molecule has 0 spiro atoms. The van der Waals surface area contributed by atoms with Crippen molar-refractivity contribution >= 4 is 44.7 Å². The van der Waals surface area contributed by atoms with E-state index in [4.69, 9.17) is 4.84 Å². The number of amides is 2. The number of aryl methyl sites for hydroxylation is 1. The number of anilines is 2. The number of carbonyl (C=O) groups is 2. The zero-order valence-corrected chi connectivity index (χ0v) is 20.2. The number of hydrogen-bond acceptors (Lipinski definition) is 4. The zero-order valence-electron chi connectivity index (χ0n) is 20.2. The molecule has 5 heteroatoms. The second-order valence-electron chi connectivity index (χ2n) is 9.74. The van der Waals surface area contributed by atoms with E-state index < -0.39 is 18.1 Å². The van der Waals surface area contributed by atoms with Gasteiger partial charge in [-0.05, 0) is 64.4 Å². The first-order valence-electron chi connectivity index (χ1n) is 12.5. The van der Waals surface area contributed by atoms with Crippen molar-refractivity contribution in [1.29, 1.82) is 0 Å². The number of benzene rings is 5. The third-order valence-electron chi connectivity index (χ3n) is 7.53. The summed E-state index contributed by atoms with van der Waals surface area (Å²) in [6.07, 6.45) is -0.906. The van der Waals surface area contributed by atoms with Gasteiger partial charge in [-0.25, -0.2) is 9.96 Å². The second kappa shape index (κ2) is 8.29. The third-order valence-corrected chi connectivity index (χ3v) is 7.53. The summed E-state index contributed by atoms with van der Waals surface area (Å²) in [4.78, 5) is 35.5. The van der Waals surface area contributed by atoms with Crippen LogP contribution < -0.4 is 9.96 Å². The minimum Gasteiger partial charge on any atom is -0.273 e. The van der Waals surface area contributed by atoms with Gasteiger partial charge in [-0.2, -0.15) is 0 Å². The van der Waals surface area contributed by atoms with Crippen LogP contribution in [0.4, 0.5) is 11.4 Å². The standard InChI is InChI=1S/C32H24N2O3/c1-20-15-17-23(18-16-20)33-31(35)28-29(34(37-30(28)32(33)36)24-11-3-2-4-12-24)27-25-13-7-5-9-21(25)19-22-10-6-8-14-26(22)27/h2-19,28-30H,1H3. The van der Waals surface area contributed by atoms with Gasteiger partial charge in [0.1, 0.15) is 5.92 Å². The molecule has 7 rings (SSSR count). The fourth-order valence-corrected chi connectivity index (χ4v) is 5.82. The van der Waals surface area contributed by atoms with E-state index in [-0.39, 0.29) is 11.8 Å². The van der Waals surface area contributed by atoms with E-state index in [2.05, 4.69) is 30.3 Å². The predicted molar refractivity (Wildman–Crippen MR) is 145 cm³/mol. The maximum atomic E-state index is 14.1. The fourth-order valence-electron chi connectivity index (χ4n) is 5.82. The average Bonchev–Trinajstić information content (AvgIpc) is 3.44. The SMILES string of the molecule is Cc1ccc(N2C(=O)C3ON(c4ccccc4)C(c4c5ccccc5cc5ccccc45)C3C2=O)cc1. The van der Waals surface area contributed by atoms with E-state index in [1.54, 1.807) is 5.06 Å². The normalized spacial score (nSPS) is 21.3. The summed E-state index contributed by atoms with van der Waals surface area (Å²) >= 11 is 0. The van der Waals surface area contributed by atoms with Crippen molar-refractivity contribution in [3.05, 3.63) is 120 Å². The highest BCUT2D eigenvalue weighted by Crippen LogP contribution is 2.50. The molecule has 3 unspecified atom stereocenters. The topological polar surface area (TPSA) is 49.9 Å². The number of imide groups is 1. The molecule has 2 aliphatic rings. The maximum Gasteiger partial charge on any atom is 0.266 e. The molecule has 2 saturated heterocycles. The number of rotatable bonds is 3. The van der Waals surface area contributed by atoms with Gasteiger partial charge in [-0.15, -0.1) is 0 Å². The molecule has 5 aromatic carbocycles. The van der Waals surface area contributed by atoms with Gasteiger partial charge in [0.15, 0.2) is 6.10 Å². The van der Waals surface area contributed by atoms with Crippen molar-refractivity contribution in [2.75, 3.05) is 9.96 Å². The van der Waals surface area contributed by atoms with Crippen LogP contribution in [0.25, 0.3) is 21.5 Å². The Morgan fingerprint density at radius 3 is 1.89 bits per heavy atom. The average molecular weight is 485 g/mol. The van der Waals surface area contributed by atoms with Gasteiger partial charge >= 0.3 is 0 Å². The molecule has 0 radical (unpaired) electrons. The van der Waals surface area contributed by atoms with Crippen LogP contribution in [0.5, 0.6) is 0 Å². The number of hydroxylamine groups is 1. The van der Waals surface area contributed by atoms with Crippen LogP contribution >= 0.6 is 0 Å². The third kappa shape index (κ3) is 3.28. The summed E-state index contributed by atoms with van der Waals surface area (Å²) in [7, 11) is 0. The molecule has 0 bridgehead atoms. The predicted octanol–water partition coefficient (Wildman–Crippen LogP) is 6.35. The summed E-state index contributed by atoms with van der Waals surface area (Å²) in [6.45, 7) is 1.98. The van der Waals surface area contributed by atoms with Crippen molar-refractivity contribution in [3.8, 4) is 0 Å². The highest BCUT2D eigenvalue weighted by molar-refractivity contribution is 6.24. The summed E-state index contributed by atoms with van der Waals surface area (Å²) < 4.78 is 0. The molecular formula is C32H24N2O3. The van der Waals surface area contributed by atoms with Gasteiger partial charge in [-0.3, -0.25) is 14.4 Å². The van der Waals surface area contributed by atoms with Crippen molar-refractivity contribution in [3.63, 3.8) is 0 Å². The quantitative estimate of drug-likeness (QED) is 0.221. The lowest BCUT2D eigenvalue weighted by molar-refractivity contribution is -0.126. The summed E-state index contributed by atoms with van der Waals surface area (Å²) in [5.74, 6) is -1.26. The fraction of sp³-hybridized carbons (Fsp3) is 0.125. The van der Waals surface area contributed by atoms with E-state index in [9.17, 15) is 9.59 Å². The lowest BCUT2D eigenvalue weighted by atomic mass is 9.84. The van der Waals surface area contributed by atoms with E-state index in [0.29, 0.717) is 5.69 Å². The largest absolute Gasteiger partial charge is 0.273 e. The Labute approximate surface area is 214 Å². The Morgan fingerprint density at radius 1 is 0.649 bits per heavy atom. The molecule has 2 fully saturated rings. The molecule has 2 amide bonds. The van der Waals surface area contributed by atoms with Crippen LogP contribution in [0, 0.1) is 12.8 Å². The van der Waals surface area contributed by atoms with Crippen LogP contribution in [0.15, 0.2) is 109 Å². The van der Waals surface area contributed by atoms with Crippen LogP contribution in [0.1, 0.15) is 17.2 Å². The van der Waals surface area contributed by atoms with Crippen LogP contribution in [-0.4, -0.2) is 17.9 Å². The maximum absolute atomic E-state index is 14.1. The molecule has 3 atom stereocenters. The van der Waals surface area contributed by atoms with E-state index in [0.717, 1.165) is 38.4 Å². The lowest BCUT2D eigenvalue weighted by Gasteiger charge is -2.30. The first kappa shape index (κ1) is 21.8. The summed E-state index contributed by atoms with van der Waals surface area (Å²) in [5.41, 5.74) is 3.44. The van der Waals surface area contributed by atoms with Gasteiger partial charge in [0, 0.05) is 0 Å². The number of fused-ring (bicyclic) bond motifs is 3. The molecule has 180 valence electrons. The van der Waals surface area contributed by atoms with Gasteiger partial charge in [0.2, 0.25) is 5.91 Å². The highest BCUT2D eigenvalue weighted by atomic mass is 16.7. The van der Waals surface area contributed by atoms with Crippen molar-refractivity contribution in [2.24, 2.45) is 5.92 Å². The van der Waals surface area contributed by atoms with E-state index in [1.807, 2.05) is 85.8 Å². The molecule has 0 N–H and O–H groups in total. The molecular weight excluding hydrogens is 460 g/mol. The number of carbonyl (C=O) groups excluding carboxylic acids is 2. The molecule has 0 aromatic heterocycles. The zero-order chi connectivity index (χ0) is 25.1. The van der Waals surface area contributed by atoms with E-state index in [1.165, 1.54) is 4.90 Å².